The van der Waals surface area contributed by atoms with Gasteiger partial charge >= 0.3 is 0 Å². The van der Waals surface area contributed by atoms with Crippen molar-refractivity contribution in [2.75, 3.05) is 26.7 Å². The zero-order valence-corrected chi connectivity index (χ0v) is 13.3. The third-order valence-electron chi connectivity index (χ3n) is 4.50. The molecule has 21 heavy (non-hydrogen) atoms. The van der Waals surface area contributed by atoms with E-state index in [0.717, 1.165) is 57.6 Å². The monoisotopic (exact) mass is 309 g/mol. The maximum atomic E-state index is 12.3. The molecule has 1 amide bonds. The van der Waals surface area contributed by atoms with E-state index in [1.165, 1.54) is 0 Å². The molecule has 3 heterocycles. The minimum Gasteiger partial charge on any atom is -0.368 e. The Morgan fingerprint density at radius 2 is 2.29 bits per heavy atom. The first kappa shape index (κ1) is 14.9. The maximum absolute atomic E-state index is 12.3. The van der Waals surface area contributed by atoms with Crippen LogP contribution >= 0.6 is 11.3 Å². The van der Waals surface area contributed by atoms with Crippen molar-refractivity contribution in [3.05, 3.63) is 16.6 Å². The summed E-state index contributed by atoms with van der Waals surface area (Å²) in [5.41, 5.74) is 3.02. The summed E-state index contributed by atoms with van der Waals surface area (Å²) in [5, 5.41) is 2.10. The van der Waals surface area contributed by atoms with Crippen molar-refractivity contribution in [2.45, 2.75) is 44.4 Å². The third-order valence-corrected chi connectivity index (χ3v) is 5.13. The Balaban J connectivity index is 1.47. The van der Waals surface area contributed by atoms with Gasteiger partial charge in [-0.2, -0.15) is 0 Å². The van der Waals surface area contributed by atoms with E-state index in [4.69, 9.17) is 4.74 Å². The fourth-order valence-corrected chi connectivity index (χ4v) is 3.75. The molecule has 0 saturated carbocycles. The summed E-state index contributed by atoms with van der Waals surface area (Å²) in [6.07, 6.45) is 3.82. The Hall–Kier alpha value is -0.980. The van der Waals surface area contributed by atoms with Crippen LogP contribution in [0.4, 0.5) is 0 Å². The van der Waals surface area contributed by atoms with Crippen molar-refractivity contribution >= 4 is 17.2 Å². The molecule has 5 nitrogen and oxygen atoms in total. The van der Waals surface area contributed by atoms with Gasteiger partial charge in [-0.05, 0) is 32.7 Å². The van der Waals surface area contributed by atoms with Gasteiger partial charge in [0.1, 0.15) is 6.10 Å². The van der Waals surface area contributed by atoms with E-state index in [1.807, 2.05) is 10.4 Å². The van der Waals surface area contributed by atoms with E-state index in [1.54, 1.807) is 11.3 Å². The minimum absolute atomic E-state index is 0.172. The summed E-state index contributed by atoms with van der Waals surface area (Å²) in [4.78, 5) is 21.0. The van der Waals surface area contributed by atoms with Gasteiger partial charge in [0, 0.05) is 37.7 Å². The standard InChI is InChI=1S/C15H23N3O2S/c1-17(9-12-10-21-11-16-12)13-4-6-18(7-5-13)15(19)14-3-2-8-20-14/h10-11,13-14H,2-9H2,1H3/t14-/m0/s1. The van der Waals surface area contributed by atoms with Crippen molar-refractivity contribution in [3.8, 4) is 0 Å². The molecule has 0 bridgehead atoms. The van der Waals surface area contributed by atoms with Crippen molar-refractivity contribution in [1.82, 2.24) is 14.8 Å². The number of piperidine rings is 1. The summed E-state index contributed by atoms with van der Waals surface area (Å²) in [6, 6.07) is 0.542. The lowest BCUT2D eigenvalue weighted by molar-refractivity contribution is -0.142. The summed E-state index contributed by atoms with van der Waals surface area (Å²) in [6.45, 7) is 3.34. The molecule has 0 aromatic carbocycles. The lowest BCUT2D eigenvalue weighted by atomic mass is 10.0. The van der Waals surface area contributed by atoms with E-state index < -0.39 is 0 Å². The van der Waals surface area contributed by atoms with Gasteiger partial charge in [-0.25, -0.2) is 4.98 Å². The lowest BCUT2D eigenvalue weighted by Gasteiger charge is -2.37. The predicted molar refractivity (Wildman–Crippen MR) is 82.2 cm³/mol. The molecule has 0 aliphatic carbocycles. The van der Waals surface area contributed by atoms with Gasteiger partial charge in [-0.1, -0.05) is 0 Å². The zero-order chi connectivity index (χ0) is 14.7. The van der Waals surface area contributed by atoms with Gasteiger partial charge < -0.3 is 9.64 Å². The van der Waals surface area contributed by atoms with Crippen molar-refractivity contribution in [3.63, 3.8) is 0 Å². The molecule has 0 N–H and O–H groups in total. The highest BCUT2D eigenvalue weighted by Gasteiger charge is 2.31. The van der Waals surface area contributed by atoms with Crippen molar-refractivity contribution in [1.29, 1.82) is 0 Å². The highest BCUT2D eigenvalue weighted by molar-refractivity contribution is 7.07. The second kappa shape index (κ2) is 6.85. The quantitative estimate of drug-likeness (QED) is 0.850. The number of hydrogen-bond donors (Lipinski definition) is 0. The SMILES string of the molecule is CN(Cc1cscn1)C1CCN(C(=O)[C@@H]2CCCO2)CC1. The van der Waals surface area contributed by atoms with E-state index in [2.05, 4.69) is 22.3 Å². The number of rotatable bonds is 4. The average Bonchev–Trinajstić information content (AvgIpc) is 3.20. The van der Waals surface area contributed by atoms with Gasteiger partial charge in [0.2, 0.25) is 0 Å². The molecule has 2 saturated heterocycles. The first-order valence-electron chi connectivity index (χ1n) is 7.72. The summed E-state index contributed by atoms with van der Waals surface area (Å²) in [5.74, 6) is 0.202. The van der Waals surface area contributed by atoms with Crippen LogP contribution in [0.15, 0.2) is 10.9 Å². The molecule has 0 radical (unpaired) electrons. The fourth-order valence-electron chi connectivity index (χ4n) is 3.20. The van der Waals surface area contributed by atoms with Crippen LogP contribution in [0.2, 0.25) is 0 Å². The molecule has 1 atom stereocenters. The number of likely N-dealkylation sites (tertiary alicyclic amines) is 1. The van der Waals surface area contributed by atoms with Crippen LogP contribution < -0.4 is 0 Å². The Labute approximate surface area is 129 Å². The summed E-state index contributed by atoms with van der Waals surface area (Å²) >= 11 is 1.64. The normalized spacial score (nSPS) is 23.9. The van der Waals surface area contributed by atoms with Gasteiger partial charge in [0.15, 0.2) is 0 Å². The number of carbonyl (C=O) groups excluding carboxylic acids is 1. The second-order valence-electron chi connectivity index (χ2n) is 5.95. The number of nitrogens with zero attached hydrogens (tertiary/aromatic N) is 3. The van der Waals surface area contributed by atoms with Crippen molar-refractivity contribution < 1.29 is 9.53 Å². The van der Waals surface area contributed by atoms with Gasteiger partial charge in [-0.3, -0.25) is 9.69 Å². The molecular formula is C15H23N3O2S. The molecule has 6 heteroatoms. The lowest BCUT2D eigenvalue weighted by Crippen LogP contribution is -2.48. The molecule has 3 rings (SSSR count). The topological polar surface area (TPSA) is 45.7 Å². The Morgan fingerprint density at radius 1 is 1.48 bits per heavy atom. The second-order valence-corrected chi connectivity index (χ2v) is 6.67. The van der Waals surface area contributed by atoms with E-state index in [0.29, 0.717) is 6.04 Å². The zero-order valence-electron chi connectivity index (χ0n) is 12.5. The smallest absolute Gasteiger partial charge is 0.251 e. The summed E-state index contributed by atoms with van der Waals surface area (Å²) in [7, 11) is 2.15. The Kier molecular flexibility index (Phi) is 4.87. The number of hydrogen-bond acceptors (Lipinski definition) is 5. The number of aromatic nitrogens is 1. The molecule has 1 aromatic heterocycles. The van der Waals surface area contributed by atoms with Crippen LogP contribution in [-0.4, -0.2) is 59.6 Å². The van der Waals surface area contributed by atoms with E-state index in [-0.39, 0.29) is 12.0 Å². The van der Waals surface area contributed by atoms with Crippen LogP contribution in [0.1, 0.15) is 31.4 Å². The predicted octanol–water partition coefficient (Wildman–Crippen LogP) is 1.74. The molecule has 1 aromatic rings. The van der Waals surface area contributed by atoms with E-state index >= 15 is 0 Å². The largest absolute Gasteiger partial charge is 0.368 e. The Bertz CT molecular complexity index is 451. The van der Waals surface area contributed by atoms with Crippen molar-refractivity contribution in [2.24, 2.45) is 0 Å². The molecule has 116 valence electrons. The van der Waals surface area contributed by atoms with Crippen LogP contribution in [0.5, 0.6) is 0 Å². The van der Waals surface area contributed by atoms with Gasteiger partial charge in [-0.15, -0.1) is 11.3 Å². The number of amides is 1. The summed E-state index contributed by atoms with van der Waals surface area (Å²) < 4.78 is 5.50. The van der Waals surface area contributed by atoms with Crippen LogP contribution in [-0.2, 0) is 16.1 Å². The van der Waals surface area contributed by atoms with Crippen LogP contribution in [0.3, 0.4) is 0 Å². The first-order valence-corrected chi connectivity index (χ1v) is 8.66. The third kappa shape index (κ3) is 3.62. The van der Waals surface area contributed by atoms with Crippen LogP contribution in [0, 0.1) is 0 Å². The molecule has 2 fully saturated rings. The van der Waals surface area contributed by atoms with E-state index in [9.17, 15) is 4.79 Å². The first-order chi connectivity index (χ1) is 10.2. The minimum atomic E-state index is -0.172. The number of carbonyl (C=O) groups is 1. The van der Waals surface area contributed by atoms with Gasteiger partial charge in [0.25, 0.3) is 5.91 Å². The molecule has 2 aliphatic heterocycles. The van der Waals surface area contributed by atoms with Crippen LogP contribution in [0.25, 0.3) is 0 Å². The van der Waals surface area contributed by atoms with Gasteiger partial charge in [0.05, 0.1) is 11.2 Å². The number of ether oxygens (including phenoxy) is 1. The molecule has 0 unspecified atom stereocenters. The fraction of sp³-hybridized carbons (Fsp3) is 0.733. The molecular weight excluding hydrogens is 286 g/mol. The highest BCUT2D eigenvalue weighted by atomic mass is 32.1. The average molecular weight is 309 g/mol. The highest BCUT2D eigenvalue weighted by Crippen LogP contribution is 2.21. The molecule has 2 aliphatic rings. The Morgan fingerprint density at radius 3 is 2.90 bits per heavy atom. The maximum Gasteiger partial charge on any atom is 0.251 e. The molecule has 0 spiro atoms. The number of thiazole rings is 1.